The Labute approximate surface area is 212 Å². The van der Waals surface area contributed by atoms with E-state index in [1.54, 1.807) is 4.90 Å². The van der Waals surface area contributed by atoms with Crippen LogP contribution in [-0.2, 0) is 9.59 Å². The molecule has 0 aromatic rings. The molecule has 0 aromatic heterocycles. The van der Waals surface area contributed by atoms with Crippen molar-refractivity contribution in [2.75, 3.05) is 13.6 Å². The molecule has 3 heterocycles. The lowest BCUT2D eigenvalue weighted by Crippen LogP contribution is -2.76. The Morgan fingerprint density at radius 3 is 2.50 bits per heavy atom. The first kappa shape index (κ1) is 25.8. The molecule has 2 aliphatic carbocycles. The molecule has 10 unspecified atom stereocenters. The number of alkyl halides is 2. The van der Waals surface area contributed by atoms with Crippen LogP contribution in [0.1, 0.15) is 65.2 Å². The van der Waals surface area contributed by atoms with Gasteiger partial charge in [0.15, 0.2) is 0 Å². The molecule has 5 fully saturated rings. The second kappa shape index (κ2) is 10.2. The standard InChI is InChI=1S/C26H41F2N5O3/c1-13(2)14-6-4-9-19-23(14)33-24-15(25(35)31-26(33)36)12-17(28)22(30-24)21-16(27)7-5-8-18(21)29-20(34)10-11-32(19)3/h13-19,21-24,30H,4-12H2,1-3H3,(H,29,34)(H,31,35,36). The van der Waals surface area contributed by atoms with Gasteiger partial charge in [0.05, 0.1) is 18.1 Å². The SMILES string of the molecule is CC(C)C1CCCC2C1N1C(=O)NC(=O)C3CC(F)C(NC31)C1C(F)CCCC1NC(=O)CCN2C. The van der Waals surface area contributed by atoms with Gasteiger partial charge < -0.3 is 15.1 Å². The molecular formula is C26H41F2N5O3. The van der Waals surface area contributed by atoms with Crippen LogP contribution >= 0.6 is 0 Å². The van der Waals surface area contributed by atoms with Gasteiger partial charge in [0, 0.05) is 37.0 Å². The molecule has 4 amide bonds. The highest BCUT2D eigenvalue weighted by Gasteiger charge is 2.56. The van der Waals surface area contributed by atoms with E-state index in [9.17, 15) is 14.4 Å². The van der Waals surface area contributed by atoms with Gasteiger partial charge in [-0.05, 0) is 57.4 Å². The second-order valence-corrected chi connectivity index (χ2v) is 12.0. The zero-order valence-electron chi connectivity index (χ0n) is 21.6. The first-order valence-electron chi connectivity index (χ1n) is 13.8. The zero-order valence-corrected chi connectivity index (χ0v) is 21.6. The Balaban J connectivity index is 1.60. The Morgan fingerprint density at radius 1 is 1.00 bits per heavy atom. The molecule has 10 atom stereocenters. The maximum atomic E-state index is 15.7. The number of fused-ring (bicyclic) bond motifs is 5. The summed E-state index contributed by atoms with van der Waals surface area (Å²) >= 11 is 0. The third-order valence-corrected chi connectivity index (χ3v) is 9.66. The smallest absolute Gasteiger partial charge is 0.325 e. The van der Waals surface area contributed by atoms with Gasteiger partial charge in [-0.1, -0.05) is 20.3 Å². The normalized spacial score (nSPS) is 44.4. The van der Waals surface area contributed by atoms with E-state index in [1.807, 2.05) is 7.05 Å². The fraction of sp³-hybridized carbons (Fsp3) is 0.885. The van der Waals surface area contributed by atoms with Crippen molar-refractivity contribution < 1.29 is 23.2 Å². The number of nitrogens with zero attached hydrogens (tertiary/aromatic N) is 2. The van der Waals surface area contributed by atoms with Gasteiger partial charge in [0.25, 0.3) is 0 Å². The summed E-state index contributed by atoms with van der Waals surface area (Å²) in [5.74, 6) is -1.62. The number of hydrogen-bond acceptors (Lipinski definition) is 5. The van der Waals surface area contributed by atoms with Crippen molar-refractivity contribution in [2.24, 2.45) is 23.7 Å². The van der Waals surface area contributed by atoms with Gasteiger partial charge in [0.1, 0.15) is 12.3 Å². The third kappa shape index (κ3) is 4.52. The van der Waals surface area contributed by atoms with Gasteiger partial charge in [-0.25, -0.2) is 13.6 Å². The predicted octanol–water partition coefficient (Wildman–Crippen LogP) is 2.33. The van der Waals surface area contributed by atoms with E-state index in [0.29, 0.717) is 31.7 Å². The summed E-state index contributed by atoms with van der Waals surface area (Å²) in [6.07, 6.45) is 1.15. The number of hydrogen-bond donors (Lipinski definition) is 3. The number of piperidine rings is 1. The Bertz CT molecular complexity index is 875. The number of likely N-dealkylation sites (N-methyl/N-ethyl adjacent to an activating group) is 1. The maximum absolute atomic E-state index is 15.7. The van der Waals surface area contributed by atoms with Gasteiger partial charge >= 0.3 is 6.03 Å². The van der Waals surface area contributed by atoms with Crippen molar-refractivity contribution >= 4 is 17.8 Å². The van der Waals surface area contributed by atoms with E-state index in [4.69, 9.17) is 0 Å². The number of halogens is 2. The fourth-order valence-electron chi connectivity index (χ4n) is 7.85. The highest BCUT2D eigenvalue weighted by Crippen LogP contribution is 2.42. The van der Waals surface area contributed by atoms with Crippen LogP contribution in [0.2, 0.25) is 0 Å². The first-order valence-corrected chi connectivity index (χ1v) is 13.8. The molecule has 3 aliphatic heterocycles. The van der Waals surface area contributed by atoms with Crippen molar-refractivity contribution in [1.29, 1.82) is 0 Å². The summed E-state index contributed by atoms with van der Waals surface area (Å²) < 4.78 is 31.2. The molecule has 3 saturated heterocycles. The number of carbonyl (C=O) groups is 3. The molecule has 36 heavy (non-hydrogen) atoms. The van der Waals surface area contributed by atoms with Gasteiger partial charge in [-0.2, -0.15) is 0 Å². The molecule has 2 bridgehead atoms. The minimum Gasteiger partial charge on any atom is -0.353 e. The van der Waals surface area contributed by atoms with Crippen molar-refractivity contribution in [1.82, 2.24) is 25.8 Å². The number of urea groups is 1. The van der Waals surface area contributed by atoms with Gasteiger partial charge in [-0.15, -0.1) is 0 Å². The van der Waals surface area contributed by atoms with Crippen molar-refractivity contribution in [3.8, 4) is 0 Å². The molecule has 0 radical (unpaired) electrons. The van der Waals surface area contributed by atoms with E-state index in [0.717, 1.165) is 19.3 Å². The summed E-state index contributed by atoms with van der Waals surface area (Å²) in [4.78, 5) is 43.3. The van der Waals surface area contributed by atoms with Crippen LogP contribution in [0.3, 0.4) is 0 Å². The Kier molecular flexibility index (Phi) is 7.29. The van der Waals surface area contributed by atoms with Crippen LogP contribution in [0, 0.1) is 23.7 Å². The first-order chi connectivity index (χ1) is 17.2. The summed E-state index contributed by atoms with van der Waals surface area (Å²) in [6, 6.07) is -2.03. The van der Waals surface area contributed by atoms with Crippen LogP contribution < -0.4 is 16.0 Å². The van der Waals surface area contributed by atoms with Gasteiger partial charge in [0.2, 0.25) is 11.8 Å². The quantitative estimate of drug-likeness (QED) is 0.505. The molecule has 202 valence electrons. The molecule has 3 N–H and O–H groups in total. The monoisotopic (exact) mass is 509 g/mol. The summed E-state index contributed by atoms with van der Waals surface area (Å²) in [5.41, 5.74) is 0. The largest absolute Gasteiger partial charge is 0.353 e. The molecule has 8 nitrogen and oxygen atoms in total. The van der Waals surface area contributed by atoms with E-state index in [-0.39, 0.29) is 36.8 Å². The molecule has 0 spiro atoms. The average Bonchev–Trinajstić information content (AvgIpc) is 2.83. The minimum absolute atomic E-state index is 0.00106. The van der Waals surface area contributed by atoms with E-state index in [1.165, 1.54) is 0 Å². The third-order valence-electron chi connectivity index (χ3n) is 9.66. The average molecular weight is 510 g/mol. The number of imide groups is 1. The Hall–Kier alpha value is -1.81. The lowest BCUT2D eigenvalue weighted by molar-refractivity contribution is -0.137. The number of nitrogens with one attached hydrogen (secondary N) is 3. The summed E-state index contributed by atoms with van der Waals surface area (Å²) in [6.45, 7) is 4.82. The van der Waals surface area contributed by atoms with Crippen LogP contribution in [0.5, 0.6) is 0 Å². The highest BCUT2D eigenvalue weighted by atomic mass is 19.1. The van der Waals surface area contributed by atoms with Crippen LogP contribution in [0.4, 0.5) is 13.6 Å². The van der Waals surface area contributed by atoms with Crippen LogP contribution in [-0.4, -0.2) is 83.9 Å². The molecule has 10 heteroatoms. The van der Waals surface area contributed by atoms with E-state index in [2.05, 4.69) is 34.7 Å². The molecule has 5 rings (SSSR count). The van der Waals surface area contributed by atoms with Crippen LogP contribution in [0.25, 0.3) is 0 Å². The highest BCUT2D eigenvalue weighted by molar-refractivity contribution is 5.98. The molecule has 2 saturated carbocycles. The minimum atomic E-state index is -1.45. The van der Waals surface area contributed by atoms with E-state index >= 15 is 8.78 Å². The summed E-state index contributed by atoms with van der Waals surface area (Å²) in [7, 11) is 1.99. The number of amides is 4. The second-order valence-electron chi connectivity index (χ2n) is 12.0. The van der Waals surface area contributed by atoms with Gasteiger partial charge in [-0.3, -0.25) is 20.2 Å². The zero-order chi connectivity index (χ0) is 25.7. The van der Waals surface area contributed by atoms with Crippen molar-refractivity contribution in [2.45, 2.75) is 108 Å². The van der Waals surface area contributed by atoms with Crippen molar-refractivity contribution in [3.05, 3.63) is 0 Å². The fourth-order valence-corrected chi connectivity index (χ4v) is 7.85. The number of rotatable bonds is 1. The van der Waals surface area contributed by atoms with Crippen LogP contribution in [0.15, 0.2) is 0 Å². The van der Waals surface area contributed by atoms with E-state index < -0.39 is 54.4 Å². The lowest BCUT2D eigenvalue weighted by atomic mass is 9.71. The number of carbonyl (C=O) groups excluding carboxylic acids is 3. The summed E-state index contributed by atoms with van der Waals surface area (Å²) in [5, 5.41) is 8.85. The molecular weight excluding hydrogens is 468 g/mol. The Morgan fingerprint density at radius 2 is 1.75 bits per heavy atom. The molecule has 5 aliphatic rings. The lowest BCUT2D eigenvalue weighted by Gasteiger charge is -2.56. The predicted molar refractivity (Wildman–Crippen MR) is 130 cm³/mol. The topological polar surface area (TPSA) is 93.8 Å². The maximum Gasteiger partial charge on any atom is 0.325 e. The molecule has 0 aromatic carbocycles. The van der Waals surface area contributed by atoms with Crippen molar-refractivity contribution in [3.63, 3.8) is 0 Å².